The second-order valence-corrected chi connectivity index (χ2v) is 9.48. The lowest BCUT2D eigenvalue weighted by Crippen LogP contribution is -2.40. The van der Waals surface area contributed by atoms with Crippen molar-refractivity contribution < 1.29 is 9.84 Å². The molecule has 2 aliphatic rings. The lowest BCUT2D eigenvalue weighted by Gasteiger charge is -2.45. The molecule has 3 heterocycles. The molecular formula is C25H30N6O2. The van der Waals surface area contributed by atoms with Gasteiger partial charge >= 0.3 is 0 Å². The molecule has 172 valence electrons. The zero-order valence-electron chi connectivity index (χ0n) is 19.2. The Morgan fingerprint density at radius 3 is 2.61 bits per heavy atom. The first-order valence-electron chi connectivity index (χ1n) is 11.6. The number of ether oxygens (including phenoxy) is 1. The molecule has 2 fully saturated rings. The molecule has 1 atom stereocenters. The van der Waals surface area contributed by atoms with Crippen molar-refractivity contribution >= 4 is 0 Å². The van der Waals surface area contributed by atoms with Crippen molar-refractivity contribution in [2.24, 2.45) is 5.41 Å². The monoisotopic (exact) mass is 446 g/mol. The van der Waals surface area contributed by atoms with Gasteiger partial charge in [0.1, 0.15) is 17.8 Å². The Morgan fingerprint density at radius 2 is 1.88 bits per heavy atom. The summed E-state index contributed by atoms with van der Waals surface area (Å²) in [7, 11) is 3.77. The van der Waals surface area contributed by atoms with Gasteiger partial charge in [0, 0.05) is 23.1 Å². The van der Waals surface area contributed by atoms with Gasteiger partial charge in [0.15, 0.2) is 5.82 Å². The van der Waals surface area contributed by atoms with Gasteiger partial charge < -0.3 is 14.7 Å². The maximum absolute atomic E-state index is 10.7. The van der Waals surface area contributed by atoms with E-state index in [1.54, 1.807) is 25.4 Å². The number of hydrogen-bond acceptors (Lipinski definition) is 8. The average molecular weight is 447 g/mol. The Labute approximate surface area is 194 Å². The van der Waals surface area contributed by atoms with E-state index in [0.29, 0.717) is 34.2 Å². The van der Waals surface area contributed by atoms with Crippen LogP contribution in [0, 0.1) is 5.41 Å². The summed E-state index contributed by atoms with van der Waals surface area (Å²) in [6, 6.07) is 7.10. The highest BCUT2D eigenvalue weighted by molar-refractivity contribution is 5.72. The molecule has 2 aromatic heterocycles. The lowest BCUT2D eigenvalue weighted by atomic mass is 9.64. The number of benzene rings is 1. The average Bonchev–Trinajstić information content (AvgIpc) is 2.86. The van der Waals surface area contributed by atoms with E-state index in [1.807, 2.05) is 12.1 Å². The van der Waals surface area contributed by atoms with E-state index in [1.165, 1.54) is 45.1 Å². The quantitative estimate of drug-likeness (QED) is 0.640. The summed E-state index contributed by atoms with van der Waals surface area (Å²) < 4.78 is 5.16. The van der Waals surface area contributed by atoms with Gasteiger partial charge in [0.2, 0.25) is 5.88 Å². The lowest BCUT2D eigenvalue weighted by molar-refractivity contribution is 0.0696. The van der Waals surface area contributed by atoms with Gasteiger partial charge in [-0.05, 0) is 69.8 Å². The van der Waals surface area contributed by atoms with Gasteiger partial charge in [-0.25, -0.2) is 15.0 Å². The van der Waals surface area contributed by atoms with Gasteiger partial charge in [-0.15, -0.1) is 10.2 Å². The molecule has 33 heavy (non-hydrogen) atoms. The third-order valence-electron chi connectivity index (χ3n) is 7.35. The number of phenolic OH excluding ortho intramolecular Hbond substituents is 1. The summed E-state index contributed by atoms with van der Waals surface area (Å²) in [5.74, 6) is 1.78. The van der Waals surface area contributed by atoms with E-state index < -0.39 is 0 Å². The molecule has 1 N–H and O–H groups in total. The minimum absolute atomic E-state index is 0.108. The van der Waals surface area contributed by atoms with Crippen molar-refractivity contribution in [2.45, 2.75) is 44.4 Å². The number of hydrogen-bond donors (Lipinski definition) is 1. The molecule has 3 aromatic rings. The summed E-state index contributed by atoms with van der Waals surface area (Å²) >= 11 is 0. The topological polar surface area (TPSA) is 97.2 Å². The van der Waals surface area contributed by atoms with Crippen molar-refractivity contribution in [1.29, 1.82) is 0 Å². The first-order valence-corrected chi connectivity index (χ1v) is 11.6. The zero-order chi connectivity index (χ0) is 22.8. The van der Waals surface area contributed by atoms with Crippen molar-refractivity contribution in [3.8, 4) is 34.1 Å². The van der Waals surface area contributed by atoms with Crippen LogP contribution >= 0.6 is 0 Å². The highest BCUT2D eigenvalue weighted by atomic mass is 16.5. The highest BCUT2D eigenvalue weighted by Crippen LogP contribution is 2.49. The number of nitrogens with zero attached hydrogens (tertiary/aromatic N) is 6. The Hall–Kier alpha value is -3.13. The van der Waals surface area contributed by atoms with Crippen LogP contribution in [0.1, 0.15) is 50.3 Å². The number of aromatic hydroxyl groups is 1. The van der Waals surface area contributed by atoms with Crippen molar-refractivity contribution in [3.05, 3.63) is 42.6 Å². The molecule has 1 aliphatic carbocycles. The van der Waals surface area contributed by atoms with Crippen molar-refractivity contribution in [2.75, 3.05) is 27.2 Å². The number of piperidine rings is 1. The van der Waals surface area contributed by atoms with Crippen molar-refractivity contribution in [1.82, 2.24) is 30.0 Å². The number of rotatable bonds is 4. The predicted molar refractivity (Wildman–Crippen MR) is 125 cm³/mol. The third-order valence-corrected chi connectivity index (χ3v) is 7.35. The maximum atomic E-state index is 10.7. The van der Waals surface area contributed by atoms with Gasteiger partial charge in [-0.3, -0.25) is 0 Å². The van der Waals surface area contributed by atoms with Crippen LogP contribution < -0.4 is 4.74 Å². The molecule has 1 saturated carbocycles. The van der Waals surface area contributed by atoms with Crippen LogP contribution in [-0.4, -0.2) is 62.4 Å². The summed E-state index contributed by atoms with van der Waals surface area (Å²) in [5.41, 5.74) is 3.04. The number of phenols is 1. The second-order valence-electron chi connectivity index (χ2n) is 9.48. The van der Waals surface area contributed by atoms with E-state index in [4.69, 9.17) is 4.74 Å². The Balaban J connectivity index is 1.33. The number of methoxy groups -OCH3 is 1. The fraction of sp³-hybridized carbons (Fsp3) is 0.480. The normalized spacial score (nSPS) is 20.6. The molecule has 8 nitrogen and oxygen atoms in total. The highest BCUT2D eigenvalue weighted by Gasteiger charge is 2.39. The molecule has 1 saturated heterocycles. The molecule has 1 spiro atoms. The third kappa shape index (κ3) is 4.53. The van der Waals surface area contributed by atoms with Gasteiger partial charge in [-0.2, -0.15) is 0 Å². The van der Waals surface area contributed by atoms with Crippen LogP contribution in [0.4, 0.5) is 0 Å². The number of aromatic nitrogens is 5. The Kier molecular flexibility index (Phi) is 5.93. The second kappa shape index (κ2) is 9.02. The van der Waals surface area contributed by atoms with Crippen LogP contribution in [-0.2, 0) is 0 Å². The molecule has 1 aromatic carbocycles. The van der Waals surface area contributed by atoms with E-state index in [2.05, 4.69) is 37.1 Å². The fourth-order valence-corrected chi connectivity index (χ4v) is 5.33. The standard InChI is InChI=1S/C25H30N6O2/c1-31-10-8-25(9-11-31)7-3-4-18(14-25)24-26-15-21(29-30-24)19-6-5-17(12-22(19)32)20-13-23(33-2)28-16-27-20/h5-6,12-13,15-16,18,32H,3-4,7-11,14H2,1-2H3. The molecular weight excluding hydrogens is 416 g/mol. The Morgan fingerprint density at radius 1 is 1.03 bits per heavy atom. The predicted octanol–water partition coefficient (Wildman–Crippen LogP) is 4.08. The molecule has 0 amide bonds. The van der Waals surface area contributed by atoms with E-state index >= 15 is 0 Å². The largest absolute Gasteiger partial charge is 0.507 e. The maximum Gasteiger partial charge on any atom is 0.216 e. The van der Waals surface area contributed by atoms with E-state index in [0.717, 1.165) is 24.2 Å². The van der Waals surface area contributed by atoms with Gasteiger partial charge in [0.25, 0.3) is 0 Å². The smallest absolute Gasteiger partial charge is 0.216 e. The first-order chi connectivity index (χ1) is 16.0. The molecule has 8 heteroatoms. The molecule has 1 unspecified atom stereocenters. The van der Waals surface area contributed by atoms with E-state index in [9.17, 15) is 5.11 Å². The molecule has 1 aliphatic heterocycles. The minimum Gasteiger partial charge on any atom is -0.507 e. The number of likely N-dealkylation sites (tertiary alicyclic amines) is 1. The van der Waals surface area contributed by atoms with Gasteiger partial charge in [-0.1, -0.05) is 12.5 Å². The summed E-state index contributed by atoms with van der Waals surface area (Å²) in [5, 5.41) is 19.6. The molecule has 0 radical (unpaired) electrons. The van der Waals surface area contributed by atoms with Crippen LogP contribution in [0.3, 0.4) is 0 Å². The first kappa shape index (κ1) is 21.7. The van der Waals surface area contributed by atoms with Crippen LogP contribution in [0.25, 0.3) is 22.5 Å². The van der Waals surface area contributed by atoms with E-state index in [-0.39, 0.29) is 5.75 Å². The van der Waals surface area contributed by atoms with Gasteiger partial charge in [0.05, 0.1) is 19.0 Å². The SMILES string of the molecule is COc1cc(-c2ccc(-c3cnc(C4CCCC5(CCN(C)CC5)C4)nn3)c(O)c2)ncn1. The summed E-state index contributed by atoms with van der Waals surface area (Å²) in [6.07, 6.45) is 10.5. The van der Waals surface area contributed by atoms with Crippen LogP contribution in [0.5, 0.6) is 11.6 Å². The minimum atomic E-state index is 0.108. The molecule has 0 bridgehead atoms. The Bertz CT molecular complexity index is 1110. The molecule has 5 rings (SSSR count). The fourth-order valence-electron chi connectivity index (χ4n) is 5.33. The summed E-state index contributed by atoms with van der Waals surface area (Å²) in [6.45, 7) is 2.36. The van der Waals surface area contributed by atoms with Crippen LogP contribution in [0.2, 0.25) is 0 Å². The van der Waals surface area contributed by atoms with Crippen LogP contribution in [0.15, 0.2) is 36.8 Å². The van der Waals surface area contributed by atoms with Crippen molar-refractivity contribution in [3.63, 3.8) is 0 Å². The summed E-state index contributed by atoms with van der Waals surface area (Å²) in [4.78, 5) is 15.4. The zero-order valence-corrected chi connectivity index (χ0v) is 19.2.